The van der Waals surface area contributed by atoms with E-state index in [1.54, 1.807) is 12.5 Å². The van der Waals surface area contributed by atoms with Gasteiger partial charge in [0, 0.05) is 44.3 Å². The van der Waals surface area contributed by atoms with Gasteiger partial charge in [0.2, 0.25) is 5.91 Å². The van der Waals surface area contributed by atoms with Gasteiger partial charge in [0.1, 0.15) is 0 Å². The molecule has 1 amide bonds. The number of likely N-dealkylation sites (tertiary alicyclic amines) is 1. The van der Waals surface area contributed by atoms with Crippen LogP contribution in [0.2, 0.25) is 0 Å². The van der Waals surface area contributed by atoms with Crippen molar-refractivity contribution in [2.75, 3.05) is 19.0 Å². The number of nitrogens with zero attached hydrogens (tertiary/aromatic N) is 3. The van der Waals surface area contributed by atoms with Gasteiger partial charge in [-0.25, -0.2) is 4.98 Å². The third kappa shape index (κ3) is 2.50. The van der Waals surface area contributed by atoms with Gasteiger partial charge >= 0.3 is 0 Å². The predicted molar refractivity (Wildman–Crippen MR) is 57.6 cm³/mol. The zero-order chi connectivity index (χ0) is 10.7. The smallest absolute Gasteiger partial charge is 0.223 e. The van der Waals surface area contributed by atoms with E-state index >= 15 is 0 Å². The van der Waals surface area contributed by atoms with Gasteiger partial charge in [-0.15, -0.1) is 11.6 Å². The zero-order valence-corrected chi connectivity index (χ0v) is 9.23. The molecule has 1 aliphatic rings. The molecule has 4 nitrogen and oxygen atoms in total. The molecule has 1 atom stereocenters. The van der Waals surface area contributed by atoms with E-state index in [1.807, 2.05) is 15.7 Å². The van der Waals surface area contributed by atoms with Gasteiger partial charge in [-0.2, -0.15) is 0 Å². The van der Waals surface area contributed by atoms with Crippen molar-refractivity contribution in [3.8, 4) is 0 Å². The second-order valence-corrected chi connectivity index (χ2v) is 4.17. The Hall–Kier alpha value is -1.03. The molecule has 1 aliphatic heterocycles. The summed E-state index contributed by atoms with van der Waals surface area (Å²) in [6, 6.07) is 0. The van der Waals surface area contributed by atoms with Crippen molar-refractivity contribution in [2.24, 2.45) is 5.92 Å². The summed E-state index contributed by atoms with van der Waals surface area (Å²) in [5.74, 6) is 1.13. The molecule has 0 N–H and O–H groups in total. The van der Waals surface area contributed by atoms with Crippen molar-refractivity contribution in [1.29, 1.82) is 0 Å². The fraction of sp³-hybridized carbons (Fsp3) is 0.600. The first-order chi connectivity index (χ1) is 7.29. The molecule has 2 heterocycles. The lowest BCUT2D eigenvalue weighted by Gasteiger charge is -2.16. The highest BCUT2D eigenvalue weighted by molar-refractivity contribution is 6.18. The molecule has 1 aromatic heterocycles. The number of halogens is 1. The SMILES string of the molecule is O=C1CC(CCl)CN1CCn1ccnc1. The quantitative estimate of drug-likeness (QED) is 0.719. The summed E-state index contributed by atoms with van der Waals surface area (Å²) < 4.78 is 1.97. The molecule has 82 valence electrons. The van der Waals surface area contributed by atoms with Gasteiger partial charge in [0.15, 0.2) is 0 Å². The van der Waals surface area contributed by atoms with Crippen LogP contribution in [-0.4, -0.2) is 39.3 Å². The van der Waals surface area contributed by atoms with Crippen LogP contribution in [0, 0.1) is 5.92 Å². The molecule has 0 radical (unpaired) electrons. The summed E-state index contributed by atoms with van der Waals surface area (Å²) in [6.07, 6.45) is 6.01. The first-order valence-corrected chi connectivity index (χ1v) is 5.62. The van der Waals surface area contributed by atoms with E-state index in [1.165, 1.54) is 0 Å². The average Bonchev–Trinajstić information content (AvgIpc) is 2.84. The van der Waals surface area contributed by atoms with Crippen molar-refractivity contribution < 1.29 is 4.79 Å². The minimum absolute atomic E-state index is 0.223. The molecule has 2 rings (SSSR count). The minimum atomic E-state index is 0.223. The van der Waals surface area contributed by atoms with Gasteiger partial charge in [0.05, 0.1) is 6.33 Å². The number of alkyl halides is 1. The van der Waals surface area contributed by atoms with E-state index < -0.39 is 0 Å². The molecule has 0 aromatic carbocycles. The third-order valence-electron chi connectivity index (χ3n) is 2.70. The van der Waals surface area contributed by atoms with E-state index in [0.717, 1.165) is 19.6 Å². The highest BCUT2D eigenvalue weighted by atomic mass is 35.5. The topological polar surface area (TPSA) is 38.1 Å². The first-order valence-electron chi connectivity index (χ1n) is 5.09. The molecule has 5 heteroatoms. The van der Waals surface area contributed by atoms with Crippen molar-refractivity contribution in [3.63, 3.8) is 0 Å². The molecule has 15 heavy (non-hydrogen) atoms. The molecular formula is C10H14ClN3O. The third-order valence-corrected chi connectivity index (χ3v) is 3.14. The Labute approximate surface area is 93.8 Å². The maximum absolute atomic E-state index is 11.5. The number of hydrogen-bond donors (Lipinski definition) is 0. The predicted octanol–water partition coefficient (Wildman–Crippen LogP) is 0.970. The van der Waals surface area contributed by atoms with Gasteiger partial charge in [-0.3, -0.25) is 4.79 Å². The standard InChI is InChI=1S/C10H14ClN3O/c11-6-9-5-10(15)14(7-9)4-3-13-2-1-12-8-13/h1-2,8-9H,3-7H2. The van der Waals surface area contributed by atoms with Crippen LogP contribution in [0.1, 0.15) is 6.42 Å². The molecule has 0 saturated carbocycles. The van der Waals surface area contributed by atoms with Crippen molar-refractivity contribution in [2.45, 2.75) is 13.0 Å². The van der Waals surface area contributed by atoms with Crippen molar-refractivity contribution in [1.82, 2.24) is 14.5 Å². The Morgan fingerprint density at radius 3 is 3.00 bits per heavy atom. The summed E-state index contributed by atoms with van der Waals surface area (Å²) in [6.45, 7) is 2.36. The van der Waals surface area contributed by atoms with E-state index in [0.29, 0.717) is 18.2 Å². The first kappa shape index (κ1) is 10.5. The lowest BCUT2D eigenvalue weighted by atomic mass is 10.2. The lowest BCUT2D eigenvalue weighted by molar-refractivity contribution is -0.127. The van der Waals surface area contributed by atoms with Gasteiger partial charge in [-0.05, 0) is 5.92 Å². The molecule has 1 saturated heterocycles. The van der Waals surface area contributed by atoms with Crippen LogP contribution < -0.4 is 0 Å². The van der Waals surface area contributed by atoms with Crippen molar-refractivity contribution >= 4 is 17.5 Å². The second-order valence-electron chi connectivity index (χ2n) is 3.86. The Kier molecular flexibility index (Phi) is 3.26. The summed E-state index contributed by atoms with van der Waals surface area (Å²) >= 11 is 5.74. The summed E-state index contributed by atoms with van der Waals surface area (Å²) in [5.41, 5.74) is 0. The molecule has 0 spiro atoms. The zero-order valence-electron chi connectivity index (χ0n) is 8.47. The normalized spacial score (nSPS) is 21.3. The Bertz CT molecular complexity index is 325. The van der Waals surface area contributed by atoms with Gasteiger partial charge < -0.3 is 9.47 Å². The lowest BCUT2D eigenvalue weighted by Crippen LogP contribution is -2.28. The monoisotopic (exact) mass is 227 g/mol. The number of carbonyl (C=O) groups excluding carboxylic acids is 1. The Balaban J connectivity index is 1.83. The Morgan fingerprint density at radius 2 is 2.40 bits per heavy atom. The number of carbonyl (C=O) groups is 1. The largest absolute Gasteiger partial charge is 0.341 e. The summed E-state index contributed by atoms with van der Waals surface area (Å²) in [7, 11) is 0. The highest BCUT2D eigenvalue weighted by Crippen LogP contribution is 2.18. The van der Waals surface area contributed by atoms with Crippen LogP contribution in [0.3, 0.4) is 0 Å². The number of hydrogen-bond acceptors (Lipinski definition) is 2. The van der Waals surface area contributed by atoms with Crippen LogP contribution in [0.4, 0.5) is 0 Å². The summed E-state index contributed by atoms with van der Waals surface area (Å²) in [4.78, 5) is 17.4. The van der Waals surface area contributed by atoms with E-state index in [9.17, 15) is 4.79 Å². The number of rotatable bonds is 4. The molecule has 0 aliphatic carbocycles. The van der Waals surface area contributed by atoms with Crippen molar-refractivity contribution in [3.05, 3.63) is 18.7 Å². The molecule has 0 bridgehead atoms. The van der Waals surface area contributed by atoms with E-state index in [4.69, 9.17) is 11.6 Å². The fourth-order valence-corrected chi connectivity index (χ4v) is 2.04. The second kappa shape index (κ2) is 4.66. The van der Waals surface area contributed by atoms with Crippen LogP contribution in [-0.2, 0) is 11.3 Å². The van der Waals surface area contributed by atoms with Gasteiger partial charge in [0.25, 0.3) is 0 Å². The number of amides is 1. The number of imidazole rings is 1. The van der Waals surface area contributed by atoms with Crippen LogP contribution in [0.25, 0.3) is 0 Å². The highest BCUT2D eigenvalue weighted by Gasteiger charge is 2.28. The van der Waals surface area contributed by atoms with Crippen LogP contribution >= 0.6 is 11.6 Å². The maximum Gasteiger partial charge on any atom is 0.223 e. The van der Waals surface area contributed by atoms with E-state index in [-0.39, 0.29) is 5.91 Å². The molecular weight excluding hydrogens is 214 g/mol. The summed E-state index contributed by atoms with van der Waals surface area (Å²) in [5, 5.41) is 0. The number of aromatic nitrogens is 2. The average molecular weight is 228 g/mol. The minimum Gasteiger partial charge on any atom is -0.341 e. The van der Waals surface area contributed by atoms with Gasteiger partial charge in [-0.1, -0.05) is 0 Å². The fourth-order valence-electron chi connectivity index (χ4n) is 1.83. The van der Waals surface area contributed by atoms with Crippen LogP contribution in [0.5, 0.6) is 0 Å². The van der Waals surface area contributed by atoms with Crippen LogP contribution in [0.15, 0.2) is 18.7 Å². The molecule has 1 unspecified atom stereocenters. The molecule has 1 aromatic rings. The maximum atomic E-state index is 11.5. The van der Waals surface area contributed by atoms with E-state index in [2.05, 4.69) is 4.98 Å². The Morgan fingerprint density at radius 1 is 1.53 bits per heavy atom. The molecule has 1 fully saturated rings.